The number of sulfonamides is 1. The molecule has 0 saturated carbocycles. The molecular formula is C25H33ClFN3O5S. The fraction of sp³-hybridized carbons (Fsp3) is 0.440. The second-order valence-electron chi connectivity index (χ2n) is 8.71. The van der Waals surface area contributed by atoms with Crippen LogP contribution < -0.4 is 14.4 Å². The highest BCUT2D eigenvalue weighted by atomic mass is 35.5. The fourth-order valence-electron chi connectivity index (χ4n) is 3.61. The summed E-state index contributed by atoms with van der Waals surface area (Å²) in [5.74, 6) is -0.834. The Morgan fingerprint density at radius 2 is 1.81 bits per heavy atom. The Kier molecular flexibility index (Phi) is 10.5. The van der Waals surface area contributed by atoms with Crippen LogP contribution in [0.15, 0.2) is 42.5 Å². The van der Waals surface area contributed by atoms with Gasteiger partial charge in [0.15, 0.2) is 0 Å². The molecule has 0 aromatic heterocycles. The van der Waals surface area contributed by atoms with Crippen molar-refractivity contribution >= 4 is 39.1 Å². The van der Waals surface area contributed by atoms with E-state index >= 15 is 0 Å². The topological polar surface area (TPSA) is 96.0 Å². The lowest BCUT2D eigenvalue weighted by Gasteiger charge is -2.30. The Morgan fingerprint density at radius 3 is 2.36 bits per heavy atom. The number of benzene rings is 2. The molecule has 0 bridgehead atoms. The van der Waals surface area contributed by atoms with E-state index in [9.17, 15) is 22.4 Å². The van der Waals surface area contributed by atoms with E-state index in [-0.39, 0.29) is 48.5 Å². The molecule has 198 valence electrons. The summed E-state index contributed by atoms with van der Waals surface area (Å²) in [6, 6.07) is 9.67. The van der Waals surface area contributed by atoms with E-state index in [4.69, 9.17) is 16.3 Å². The largest absolute Gasteiger partial charge is 0.495 e. The van der Waals surface area contributed by atoms with Gasteiger partial charge in [-0.25, -0.2) is 12.8 Å². The molecule has 2 rings (SSSR count). The molecular weight excluding hydrogens is 509 g/mol. The zero-order valence-corrected chi connectivity index (χ0v) is 22.7. The monoisotopic (exact) mass is 541 g/mol. The summed E-state index contributed by atoms with van der Waals surface area (Å²) in [6.07, 6.45) is 1.18. The van der Waals surface area contributed by atoms with Gasteiger partial charge in [-0.3, -0.25) is 13.9 Å². The zero-order valence-electron chi connectivity index (χ0n) is 21.1. The normalized spacial score (nSPS) is 12.2. The van der Waals surface area contributed by atoms with Crippen LogP contribution in [0.3, 0.4) is 0 Å². The van der Waals surface area contributed by atoms with Crippen molar-refractivity contribution in [1.29, 1.82) is 0 Å². The van der Waals surface area contributed by atoms with Gasteiger partial charge in [0.1, 0.15) is 17.6 Å². The average Bonchev–Trinajstić information content (AvgIpc) is 2.79. The second kappa shape index (κ2) is 12.9. The highest BCUT2D eigenvalue weighted by Crippen LogP contribution is 2.30. The molecule has 1 unspecified atom stereocenters. The SMILES string of the molecule is COc1ccc(N(CCCC(=O)N(Cc2ccccc2F)C(C)C(=O)NC(C)C)S(C)(=O)=O)cc1Cl. The van der Waals surface area contributed by atoms with E-state index in [0.29, 0.717) is 11.4 Å². The van der Waals surface area contributed by atoms with E-state index < -0.39 is 27.8 Å². The van der Waals surface area contributed by atoms with Gasteiger partial charge in [-0.2, -0.15) is 0 Å². The number of nitrogens with one attached hydrogen (secondary N) is 1. The highest BCUT2D eigenvalue weighted by molar-refractivity contribution is 7.92. The number of ether oxygens (including phenoxy) is 1. The van der Waals surface area contributed by atoms with Crippen molar-refractivity contribution < 1.29 is 27.1 Å². The Bertz CT molecular complexity index is 1180. The van der Waals surface area contributed by atoms with E-state index in [0.717, 1.165) is 10.6 Å². The minimum Gasteiger partial charge on any atom is -0.495 e. The van der Waals surface area contributed by atoms with E-state index in [1.54, 1.807) is 51.1 Å². The molecule has 0 fully saturated rings. The van der Waals surface area contributed by atoms with Gasteiger partial charge in [0, 0.05) is 31.1 Å². The number of anilines is 1. The number of hydrogen-bond donors (Lipinski definition) is 1. The van der Waals surface area contributed by atoms with Crippen LogP contribution >= 0.6 is 11.6 Å². The number of carbonyl (C=O) groups excluding carboxylic acids is 2. The maximum Gasteiger partial charge on any atom is 0.242 e. The lowest BCUT2D eigenvalue weighted by molar-refractivity contribution is -0.140. The predicted octanol–water partition coefficient (Wildman–Crippen LogP) is 3.98. The quantitative estimate of drug-likeness (QED) is 0.438. The summed E-state index contributed by atoms with van der Waals surface area (Å²) in [4.78, 5) is 27.2. The first-order chi connectivity index (χ1) is 16.8. The van der Waals surface area contributed by atoms with Crippen molar-refractivity contribution in [3.63, 3.8) is 0 Å². The lowest BCUT2D eigenvalue weighted by atomic mass is 10.1. The third-order valence-corrected chi connectivity index (χ3v) is 6.96. The molecule has 2 aromatic rings. The first-order valence-electron chi connectivity index (χ1n) is 11.5. The third kappa shape index (κ3) is 8.09. The van der Waals surface area contributed by atoms with Crippen molar-refractivity contribution in [3.8, 4) is 5.75 Å². The van der Waals surface area contributed by atoms with Crippen LogP contribution in [0.5, 0.6) is 5.75 Å². The van der Waals surface area contributed by atoms with Gasteiger partial charge >= 0.3 is 0 Å². The van der Waals surface area contributed by atoms with Crippen LogP contribution in [0, 0.1) is 5.82 Å². The van der Waals surface area contributed by atoms with Gasteiger partial charge in [0.25, 0.3) is 0 Å². The molecule has 0 aliphatic heterocycles. The van der Waals surface area contributed by atoms with Crippen molar-refractivity contribution in [2.24, 2.45) is 0 Å². The standard InChI is InChI=1S/C25H33ClFN3O5S/c1-17(2)28-25(32)18(3)29(16-19-9-6-7-10-22(19)27)24(31)11-8-14-30(36(5,33)34)20-12-13-23(35-4)21(26)15-20/h6-7,9-10,12-13,15,17-18H,8,11,14,16H2,1-5H3,(H,28,32). The summed E-state index contributed by atoms with van der Waals surface area (Å²) >= 11 is 6.16. The van der Waals surface area contributed by atoms with Crippen molar-refractivity contribution in [2.45, 2.75) is 52.2 Å². The maximum atomic E-state index is 14.3. The minimum atomic E-state index is -3.67. The molecule has 0 aliphatic carbocycles. The molecule has 2 amide bonds. The molecule has 0 heterocycles. The number of amides is 2. The summed E-state index contributed by atoms with van der Waals surface area (Å²) < 4.78 is 45.5. The maximum absolute atomic E-state index is 14.3. The van der Waals surface area contributed by atoms with Crippen molar-refractivity contribution in [2.75, 3.05) is 24.2 Å². The molecule has 2 aromatic carbocycles. The minimum absolute atomic E-state index is 0.00728. The molecule has 0 saturated heterocycles. The molecule has 1 atom stereocenters. The van der Waals surface area contributed by atoms with Crippen LogP contribution in [0.1, 0.15) is 39.2 Å². The van der Waals surface area contributed by atoms with Gasteiger partial charge < -0.3 is 15.0 Å². The molecule has 36 heavy (non-hydrogen) atoms. The van der Waals surface area contributed by atoms with Crippen molar-refractivity contribution in [3.05, 3.63) is 58.9 Å². The number of carbonyl (C=O) groups is 2. The van der Waals surface area contributed by atoms with Crippen LogP contribution in [-0.2, 0) is 26.2 Å². The zero-order chi connectivity index (χ0) is 27.0. The van der Waals surface area contributed by atoms with Crippen LogP contribution in [0.2, 0.25) is 5.02 Å². The number of nitrogens with zero attached hydrogens (tertiary/aromatic N) is 2. The third-order valence-electron chi connectivity index (χ3n) is 5.47. The van der Waals surface area contributed by atoms with Crippen LogP contribution in [0.25, 0.3) is 0 Å². The number of rotatable bonds is 12. The summed E-state index contributed by atoms with van der Waals surface area (Å²) in [5, 5.41) is 3.02. The molecule has 1 N–H and O–H groups in total. The Hall–Kier alpha value is -2.85. The predicted molar refractivity (Wildman–Crippen MR) is 139 cm³/mol. The van der Waals surface area contributed by atoms with Crippen LogP contribution in [-0.4, -0.2) is 57.1 Å². The Morgan fingerprint density at radius 1 is 1.14 bits per heavy atom. The summed E-state index contributed by atoms with van der Waals surface area (Å²) in [7, 11) is -2.22. The number of hydrogen-bond acceptors (Lipinski definition) is 5. The van der Waals surface area contributed by atoms with Gasteiger partial charge in [0.05, 0.1) is 24.1 Å². The molecule has 0 spiro atoms. The fourth-order valence-corrected chi connectivity index (χ4v) is 4.82. The number of methoxy groups -OCH3 is 1. The molecule has 0 radical (unpaired) electrons. The molecule has 0 aliphatic rings. The summed E-state index contributed by atoms with van der Waals surface area (Å²) in [6.45, 7) is 5.10. The van der Waals surface area contributed by atoms with E-state index in [2.05, 4.69) is 5.32 Å². The highest BCUT2D eigenvalue weighted by Gasteiger charge is 2.27. The van der Waals surface area contributed by atoms with Gasteiger partial charge in [-0.15, -0.1) is 0 Å². The number of halogens is 2. The second-order valence-corrected chi connectivity index (χ2v) is 11.0. The van der Waals surface area contributed by atoms with Gasteiger partial charge in [-0.05, 0) is 51.5 Å². The Balaban J connectivity index is 2.20. The summed E-state index contributed by atoms with van der Waals surface area (Å²) in [5.41, 5.74) is 0.615. The smallest absolute Gasteiger partial charge is 0.242 e. The first kappa shape index (κ1) is 29.4. The first-order valence-corrected chi connectivity index (χ1v) is 13.7. The Labute approximate surface area is 217 Å². The van der Waals surface area contributed by atoms with Crippen LogP contribution in [0.4, 0.5) is 10.1 Å². The van der Waals surface area contributed by atoms with Gasteiger partial charge in [-0.1, -0.05) is 29.8 Å². The molecule has 11 heteroatoms. The average molecular weight is 542 g/mol. The van der Waals surface area contributed by atoms with Gasteiger partial charge in [0.2, 0.25) is 21.8 Å². The lowest BCUT2D eigenvalue weighted by Crippen LogP contribution is -2.49. The van der Waals surface area contributed by atoms with E-state index in [1.807, 2.05) is 0 Å². The molecule has 8 nitrogen and oxygen atoms in total. The van der Waals surface area contributed by atoms with E-state index in [1.165, 1.54) is 24.1 Å². The van der Waals surface area contributed by atoms with Crippen molar-refractivity contribution in [1.82, 2.24) is 10.2 Å².